The third kappa shape index (κ3) is 3.35. The predicted molar refractivity (Wildman–Crippen MR) is 63.9 cm³/mol. The van der Waals surface area contributed by atoms with Crippen molar-refractivity contribution in [2.24, 2.45) is 0 Å². The van der Waals surface area contributed by atoms with E-state index in [1.54, 1.807) is 0 Å². The highest BCUT2D eigenvalue weighted by Gasteiger charge is 2.28. The van der Waals surface area contributed by atoms with Gasteiger partial charge in [-0.2, -0.15) is 0 Å². The summed E-state index contributed by atoms with van der Waals surface area (Å²) in [6.45, 7) is 0.358. The maximum atomic E-state index is 11.5. The fraction of sp³-hybridized carbons (Fsp3) is 0.727. The van der Waals surface area contributed by atoms with E-state index >= 15 is 0 Å². The molecule has 1 heterocycles. The van der Waals surface area contributed by atoms with Gasteiger partial charge in [-0.05, 0) is 19.3 Å². The molecular weight excluding hydrogens is 236 g/mol. The van der Waals surface area contributed by atoms with E-state index in [4.69, 9.17) is 0 Å². The normalized spacial score (nSPS) is 23.7. The summed E-state index contributed by atoms with van der Waals surface area (Å²) in [7, 11) is 0. The molecule has 1 saturated carbocycles. The van der Waals surface area contributed by atoms with E-state index in [9.17, 15) is 14.4 Å². The van der Waals surface area contributed by atoms with Gasteiger partial charge < -0.3 is 16.0 Å². The highest BCUT2D eigenvalue weighted by Crippen LogP contribution is 2.17. The summed E-state index contributed by atoms with van der Waals surface area (Å²) in [4.78, 5) is 33.6. The molecule has 4 N–H and O–H groups in total. The Morgan fingerprint density at radius 3 is 2.61 bits per heavy atom. The Balaban J connectivity index is 1.61. The maximum absolute atomic E-state index is 11.5. The van der Waals surface area contributed by atoms with Crippen LogP contribution in [0.1, 0.15) is 32.1 Å². The summed E-state index contributed by atoms with van der Waals surface area (Å²) in [6.07, 6.45) is 4.80. The maximum Gasteiger partial charge on any atom is 0.322 e. The number of hydrogen-bond acceptors (Lipinski definition) is 3. The molecule has 1 unspecified atom stereocenters. The van der Waals surface area contributed by atoms with Crippen LogP contribution in [0.2, 0.25) is 0 Å². The molecule has 2 aliphatic rings. The molecule has 1 aliphatic carbocycles. The lowest BCUT2D eigenvalue weighted by atomic mass is 10.2. The first kappa shape index (κ1) is 12.7. The zero-order valence-electron chi connectivity index (χ0n) is 10.1. The Hall–Kier alpha value is -1.79. The monoisotopic (exact) mass is 254 g/mol. The van der Waals surface area contributed by atoms with Gasteiger partial charge in [-0.15, -0.1) is 0 Å². The first-order chi connectivity index (χ1) is 8.65. The zero-order valence-corrected chi connectivity index (χ0v) is 10.1. The van der Waals surface area contributed by atoms with Crippen molar-refractivity contribution in [3.8, 4) is 0 Å². The van der Waals surface area contributed by atoms with Gasteiger partial charge in [0.05, 0.1) is 0 Å². The number of rotatable bonds is 4. The van der Waals surface area contributed by atoms with Gasteiger partial charge in [0.1, 0.15) is 6.04 Å². The number of imide groups is 1. The van der Waals surface area contributed by atoms with Crippen molar-refractivity contribution in [2.45, 2.75) is 44.2 Å². The third-order valence-corrected chi connectivity index (χ3v) is 3.27. The minimum Gasteiger partial charge on any atom is -0.338 e. The largest absolute Gasteiger partial charge is 0.338 e. The van der Waals surface area contributed by atoms with Crippen LogP contribution in [-0.2, 0) is 4.79 Å². The Labute approximate surface area is 105 Å². The van der Waals surface area contributed by atoms with Crippen molar-refractivity contribution in [1.82, 2.24) is 21.3 Å². The Morgan fingerprint density at radius 1 is 1.28 bits per heavy atom. The molecule has 1 atom stereocenters. The van der Waals surface area contributed by atoms with Crippen LogP contribution in [0.3, 0.4) is 0 Å². The fourth-order valence-corrected chi connectivity index (χ4v) is 2.30. The van der Waals surface area contributed by atoms with E-state index in [-0.39, 0.29) is 18.0 Å². The topological polar surface area (TPSA) is 99.3 Å². The summed E-state index contributed by atoms with van der Waals surface area (Å²) >= 11 is 0. The minimum absolute atomic E-state index is 0.202. The second kappa shape index (κ2) is 5.70. The second-order valence-electron chi connectivity index (χ2n) is 4.69. The van der Waals surface area contributed by atoms with Crippen molar-refractivity contribution < 1.29 is 14.4 Å². The number of carbonyl (C=O) groups is 3. The number of urea groups is 2. The number of hydrogen-bond donors (Lipinski definition) is 4. The SMILES string of the molecule is O=C(NCCC1NC(=O)NC1=O)NC1CCCC1. The molecule has 2 rings (SSSR count). The molecule has 7 heteroatoms. The molecule has 0 aromatic carbocycles. The van der Waals surface area contributed by atoms with Crippen LogP contribution in [0.25, 0.3) is 0 Å². The molecule has 1 saturated heterocycles. The van der Waals surface area contributed by atoms with Gasteiger partial charge in [0, 0.05) is 12.6 Å². The van der Waals surface area contributed by atoms with Gasteiger partial charge in [-0.3, -0.25) is 10.1 Å². The molecule has 0 aromatic rings. The molecule has 7 nitrogen and oxygen atoms in total. The van der Waals surface area contributed by atoms with E-state index < -0.39 is 12.1 Å². The lowest BCUT2D eigenvalue weighted by Crippen LogP contribution is -2.42. The minimum atomic E-state index is -0.538. The van der Waals surface area contributed by atoms with Gasteiger partial charge in [0.15, 0.2) is 0 Å². The number of carbonyl (C=O) groups excluding carboxylic acids is 3. The summed E-state index contributed by atoms with van der Waals surface area (Å²) < 4.78 is 0. The molecular formula is C11H18N4O3. The van der Waals surface area contributed by atoms with E-state index in [0.717, 1.165) is 12.8 Å². The molecule has 0 spiro atoms. The van der Waals surface area contributed by atoms with Crippen LogP contribution >= 0.6 is 0 Å². The quantitative estimate of drug-likeness (QED) is 0.524. The lowest BCUT2D eigenvalue weighted by molar-refractivity contribution is -0.120. The molecule has 18 heavy (non-hydrogen) atoms. The van der Waals surface area contributed by atoms with Crippen LogP contribution in [-0.4, -0.2) is 36.6 Å². The van der Waals surface area contributed by atoms with Crippen molar-refractivity contribution in [3.05, 3.63) is 0 Å². The van der Waals surface area contributed by atoms with Gasteiger partial charge in [0.2, 0.25) is 0 Å². The molecule has 2 fully saturated rings. The fourth-order valence-electron chi connectivity index (χ4n) is 2.30. The van der Waals surface area contributed by atoms with E-state index in [1.165, 1.54) is 12.8 Å². The molecule has 0 bridgehead atoms. The summed E-state index contributed by atoms with van der Waals surface area (Å²) in [5.74, 6) is -0.335. The standard InChI is InChI=1S/C11H18N4O3/c16-9-8(14-11(18)15-9)5-6-12-10(17)13-7-3-1-2-4-7/h7-8H,1-6H2,(H2,12,13,17)(H2,14,15,16,18). The molecule has 100 valence electrons. The number of nitrogens with one attached hydrogen (secondary N) is 4. The van der Waals surface area contributed by atoms with Crippen LogP contribution in [0.15, 0.2) is 0 Å². The number of amides is 5. The van der Waals surface area contributed by atoms with Crippen LogP contribution in [0.5, 0.6) is 0 Å². The Morgan fingerprint density at radius 2 is 2.00 bits per heavy atom. The van der Waals surface area contributed by atoms with Crippen LogP contribution < -0.4 is 21.3 Å². The molecule has 5 amide bonds. The summed E-state index contributed by atoms with van der Waals surface area (Å²) in [5, 5.41) is 10.2. The molecule has 0 radical (unpaired) electrons. The Bertz CT molecular complexity index is 352. The summed E-state index contributed by atoms with van der Waals surface area (Å²) in [6, 6.07) is -0.934. The third-order valence-electron chi connectivity index (χ3n) is 3.27. The predicted octanol–water partition coefficient (Wildman–Crippen LogP) is -0.174. The van der Waals surface area contributed by atoms with E-state index in [0.29, 0.717) is 13.0 Å². The average Bonchev–Trinajstić information content (AvgIpc) is 2.89. The first-order valence-corrected chi connectivity index (χ1v) is 6.31. The van der Waals surface area contributed by atoms with E-state index in [2.05, 4.69) is 21.3 Å². The van der Waals surface area contributed by atoms with Crippen molar-refractivity contribution in [2.75, 3.05) is 6.54 Å². The molecule has 0 aromatic heterocycles. The van der Waals surface area contributed by atoms with Crippen LogP contribution in [0, 0.1) is 0 Å². The van der Waals surface area contributed by atoms with Crippen molar-refractivity contribution >= 4 is 18.0 Å². The van der Waals surface area contributed by atoms with Gasteiger partial charge in [0.25, 0.3) is 5.91 Å². The van der Waals surface area contributed by atoms with Crippen LogP contribution in [0.4, 0.5) is 9.59 Å². The molecule has 1 aliphatic heterocycles. The van der Waals surface area contributed by atoms with Gasteiger partial charge in [-0.1, -0.05) is 12.8 Å². The second-order valence-corrected chi connectivity index (χ2v) is 4.69. The Kier molecular flexibility index (Phi) is 4.01. The van der Waals surface area contributed by atoms with Crippen molar-refractivity contribution in [3.63, 3.8) is 0 Å². The van der Waals surface area contributed by atoms with Crippen molar-refractivity contribution in [1.29, 1.82) is 0 Å². The highest BCUT2D eigenvalue weighted by molar-refractivity contribution is 6.04. The average molecular weight is 254 g/mol. The van der Waals surface area contributed by atoms with Gasteiger partial charge >= 0.3 is 12.1 Å². The summed E-state index contributed by atoms with van der Waals surface area (Å²) in [5.41, 5.74) is 0. The van der Waals surface area contributed by atoms with Gasteiger partial charge in [-0.25, -0.2) is 9.59 Å². The first-order valence-electron chi connectivity index (χ1n) is 6.31. The lowest BCUT2D eigenvalue weighted by Gasteiger charge is -2.13. The highest BCUT2D eigenvalue weighted by atomic mass is 16.2. The van der Waals surface area contributed by atoms with E-state index in [1.807, 2.05) is 0 Å². The zero-order chi connectivity index (χ0) is 13.0. The smallest absolute Gasteiger partial charge is 0.322 e.